The average Bonchev–Trinajstić information content (AvgIpc) is 2.93. The molecule has 0 bridgehead atoms. The van der Waals surface area contributed by atoms with Gasteiger partial charge in [-0.1, -0.05) is 41.9 Å². The average molecular weight is 430 g/mol. The molecule has 1 aromatic heterocycles. The summed E-state index contributed by atoms with van der Waals surface area (Å²) in [5.74, 6) is -0.220. The van der Waals surface area contributed by atoms with E-state index in [4.69, 9.17) is 11.6 Å². The molecule has 0 radical (unpaired) electrons. The highest BCUT2D eigenvalue weighted by molar-refractivity contribution is 7.92. The van der Waals surface area contributed by atoms with Crippen LogP contribution < -0.4 is 4.72 Å². The topological polar surface area (TPSA) is 81.1 Å². The molecule has 6 nitrogen and oxygen atoms in total. The number of halogens is 1. The lowest BCUT2D eigenvalue weighted by molar-refractivity contribution is 0.104. The molecular weight excluding hydrogens is 410 g/mol. The van der Waals surface area contributed by atoms with Crippen LogP contribution in [0.15, 0.2) is 60.7 Å². The van der Waals surface area contributed by atoms with E-state index in [9.17, 15) is 13.2 Å². The quantitative estimate of drug-likeness (QED) is 0.451. The number of aryl methyl sites for hydroxylation is 1. The number of nitrogens with one attached hydrogen (secondary N) is 1. The minimum atomic E-state index is -3.36. The number of anilines is 1. The maximum atomic E-state index is 12.4. The molecule has 2 aromatic carbocycles. The molecule has 3 aromatic rings. The molecule has 0 saturated carbocycles. The summed E-state index contributed by atoms with van der Waals surface area (Å²) >= 11 is 6.46. The predicted molar refractivity (Wildman–Crippen MR) is 116 cm³/mol. The standard InChI is InChI=1S/C21H20ClN3O3S/c1-15-19(21(22)25(23-15)14-16-6-4-3-5-7-16)12-13-20(26)17-8-10-18(11-9-17)24-29(2,27)28/h3-13,24H,14H2,1-2H3/b13-12+. The number of aromatic nitrogens is 2. The number of hydrogen-bond acceptors (Lipinski definition) is 4. The van der Waals surface area contributed by atoms with Gasteiger partial charge < -0.3 is 0 Å². The van der Waals surface area contributed by atoms with Crippen molar-refractivity contribution in [2.24, 2.45) is 0 Å². The summed E-state index contributed by atoms with van der Waals surface area (Å²) < 4.78 is 26.6. The minimum absolute atomic E-state index is 0.220. The molecule has 0 saturated heterocycles. The van der Waals surface area contributed by atoms with Gasteiger partial charge in [0.1, 0.15) is 5.15 Å². The zero-order chi connectivity index (χ0) is 21.0. The molecular formula is C21H20ClN3O3S. The third-order valence-electron chi connectivity index (χ3n) is 4.16. The highest BCUT2D eigenvalue weighted by Gasteiger charge is 2.12. The normalized spacial score (nSPS) is 11.7. The van der Waals surface area contributed by atoms with Gasteiger partial charge in [0.05, 0.1) is 18.5 Å². The van der Waals surface area contributed by atoms with E-state index in [0.29, 0.717) is 28.5 Å². The van der Waals surface area contributed by atoms with Crippen LogP contribution in [0.2, 0.25) is 5.15 Å². The molecule has 0 aliphatic rings. The monoisotopic (exact) mass is 429 g/mol. The highest BCUT2D eigenvalue weighted by Crippen LogP contribution is 2.23. The van der Waals surface area contributed by atoms with Crippen LogP contribution in [0.5, 0.6) is 0 Å². The molecule has 0 amide bonds. The van der Waals surface area contributed by atoms with E-state index in [0.717, 1.165) is 17.5 Å². The number of rotatable bonds is 7. The predicted octanol–water partition coefficient (Wildman–Crippen LogP) is 4.16. The summed E-state index contributed by atoms with van der Waals surface area (Å²) in [6, 6.07) is 16.1. The van der Waals surface area contributed by atoms with Gasteiger partial charge in [-0.3, -0.25) is 9.52 Å². The van der Waals surface area contributed by atoms with Gasteiger partial charge >= 0.3 is 0 Å². The van der Waals surface area contributed by atoms with Crippen molar-refractivity contribution in [1.82, 2.24) is 9.78 Å². The molecule has 0 aliphatic carbocycles. The smallest absolute Gasteiger partial charge is 0.229 e. The Morgan fingerprint density at radius 1 is 1.14 bits per heavy atom. The van der Waals surface area contributed by atoms with E-state index in [2.05, 4.69) is 9.82 Å². The molecule has 0 atom stereocenters. The van der Waals surface area contributed by atoms with E-state index in [1.54, 1.807) is 22.9 Å². The van der Waals surface area contributed by atoms with E-state index in [-0.39, 0.29) is 5.78 Å². The summed E-state index contributed by atoms with van der Waals surface area (Å²) in [7, 11) is -3.36. The van der Waals surface area contributed by atoms with Crippen LogP contribution in [0.25, 0.3) is 6.08 Å². The number of sulfonamides is 1. The Labute approximate surface area is 174 Å². The van der Waals surface area contributed by atoms with Gasteiger partial charge in [-0.25, -0.2) is 13.1 Å². The molecule has 0 fully saturated rings. The summed E-state index contributed by atoms with van der Waals surface area (Å²) in [5.41, 5.74) is 3.32. The molecule has 0 spiro atoms. The first-order chi connectivity index (χ1) is 13.7. The van der Waals surface area contributed by atoms with Gasteiger partial charge in [-0.15, -0.1) is 0 Å². The molecule has 3 rings (SSSR count). The van der Waals surface area contributed by atoms with Gasteiger partial charge in [0, 0.05) is 16.8 Å². The fourth-order valence-corrected chi connectivity index (χ4v) is 3.65. The third kappa shape index (κ3) is 5.56. The number of carbonyl (C=O) groups excluding carboxylic acids is 1. The van der Waals surface area contributed by atoms with Crippen LogP contribution in [-0.2, 0) is 16.6 Å². The van der Waals surface area contributed by atoms with Crippen LogP contribution in [0.1, 0.15) is 27.2 Å². The molecule has 29 heavy (non-hydrogen) atoms. The van der Waals surface area contributed by atoms with Gasteiger partial charge in [0.25, 0.3) is 0 Å². The van der Waals surface area contributed by atoms with Crippen molar-refractivity contribution in [2.75, 3.05) is 11.0 Å². The van der Waals surface area contributed by atoms with Crippen molar-refractivity contribution in [1.29, 1.82) is 0 Å². The zero-order valence-electron chi connectivity index (χ0n) is 16.0. The highest BCUT2D eigenvalue weighted by atomic mass is 35.5. The fourth-order valence-electron chi connectivity index (χ4n) is 2.79. The van der Waals surface area contributed by atoms with Crippen molar-refractivity contribution in [3.63, 3.8) is 0 Å². The lowest BCUT2D eigenvalue weighted by atomic mass is 10.1. The zero-order valence-corrected chi connectivity index (χ0v) is 17.5. The first-order valence-electron chi connectivity index (χ1n) is 8.80. The van der Waals surface area contributed by atoms with E-state index >= 15 is 0 Å². The van der Waals surface area contributed by atoms with Crippen LogP contribution in [0.3, 0.4) is 0 Å². The van der Waals surface area contributed by atoms with Crippen molar-refractivity contribution >= 4 is 39.2 Å². The molecule has 1 heterocycles. The maximum Gasteiger partial charge on any atom is 0.229 e. The van der Waals surface area contributed by atoms with Crippen molar-refractivity contribution in [3.05, 3.63) is 88.2 Å². The number of nitrogens with zero attached hydrogens (tertiary/aromatic N) is 2. The number of carbonyl (C=O) groups is 1. The molecule has 8 heteroatoms. The second-order valence-electron chi connectivity index (χ2n) is 6.58. The van der Waals surface area contributed by atoms with Crippen molar-refractivity contribution in [2.45, 2.75) is 13.5 Å². The van der Waals surface area contributed by atoms with E-state index in [1.165, 1.54) is 18.2 Å². The minimum Gasteiger partial charge on any atom is -0.289 e. The molecule has 0 unspecified atom stereocenters. The Kier molecular flexibility index (Phi) is 6.20. The SMILES string of the molecule is Cc1nn(Cc2ccccc2)c(Cl)c1/C=C/C(=O)c1ccc(NS(C)(=O)=O)cc1. The summed E-state index contributed by atoms with van der Waals surface area (Å²) in [6.45, 7) is 2.38. The number of benzene rings is 2. The molecule has 150 valence electrons. The Balaban J connectivity index is 1.75. The molecule has 1 N–H and O–H groups in total. The number of allylic oxidation sites excluding steroid dienone is 1. The maximum absolute atomic E-state index is 12.4. The Hall–Kier alpha value is -2.90. The van der Waals surface area contributed by atoms with Gasteiger partial charge in [0.15, 0.2) is 5.78 Å². The summed E-state index contributed by atoms with van der Waals surface area (Å²) in [6.07, 6.45) is 4.15. The Morgan fingerprint density at radius 3 is 2.41 bits per heavy atom. The second-order valence-corrected chi connectivity index (χ2v) is 8.69. The fraction of sp³-hybridized carbons (Fsp3) is 0.143. The van der Waals surface area contributed by atoms with E-state index in [1.807, 2.05) is 37.3 Å². The van der Waals surface area contributed by atoms with Gasteiger partial charge in [0.2, 0.25) is 10.0 Å². The summed E-state index contributed by atoms with van der Waals surface area (Å²) in [5, 5.41) is 4.92. The van der Waals surface area contributed by atoms with Gasteiger partial charge in [-0.2, -0.15) is 5.10 Å². The van der Waals surface area contributed by atoms with Crippen LogP contribution >= 0.6 is 11.6 Å². The summed E-state index contributed by atoms with van der Waals surface area (Å²) in [4.78, 5) is 12.4. The Morgan fingerprint density at radius 2 is 1.79 bits per heavy atom. The number of ketones is 1. The lowest BCUT2D eigenvalue weighted by Gasteiger charge is -2.04. The van der Waals surface area contributed by atoms with Gasteiger partial charge in [-0.05, 0) is 48.9 Å². The van der Waals surface area contributed by atoms with Crippen LogP contribution in [-0.4, -0.2) is 30.2 Å². The van der Waals surface area contributed by atoms with Crippen LogP contribution in [0, 0.1) is 6.92 Å². The molecule has 0 aliphatic heterocycles. The third-order valence-corrected chi connectivity index (χ3v) is 5.16. The largest absolute Gasteiger partial charge is 0.289 e. The van der Waals surface area contributed by atoms with E-state index < -0.39 is 10.0 Å². The number of hydrogen-bond donors (Lipinski definition) is 1. The lowest BCUT2D eigenvalue weighted by Crippen LogP contribution is -2.09. The second kappa shape index (κ2) is 8.63. The van der Waals surface area contributed by atoms with Crippen LogP contribution in [0.4, 0.5) is 5.69 Å². The van der Waals surface area contributed by atoms with Crippen molar-refractivity contribution < 1.29 is 13.2 Å². The first kappa shape index (κ1) is 20.8. The first-order valence-corrected chi connectivity index (χ1v) is 11.1. The Bertz CT molecular complexity index is 1150. The van der Waals surface area contributed by atoms with Crippen molar-refractivity contribution in [3.8, 4) is 0 Å².